The van der Waals surface area contributed by atoms with Crippen LogP contribution in [0.4, 0.5) is 0 Å². The first-order valence-corrected chi connectivity index (χ1v) is 5.41. The predicted molar refractivity (Wildman–Crippen MR) is 74.4 cm³/mol. The van der Waals surface area contributed by atoms with Gasteiger partial charge in [-0.05, 0) is 77.0 Å². The Hall–Kier alpha value is 1.54. The van der Waals surface area contributed by atoms with Gasteiger partial charge in [0.1, 0.15) is 0 Å². The molecule has 0 bridgehead atoms. The van der Waals surface area contributed by atoms with E-state index >= 15 is 0 Å². The number of hydrogen-bond acceptors (Lipinski definition) is 1. The van der Waals surface area contributed by atoms with Crippen molar-refractivity contribution >= 4 is 8.41 Å². The summed E-state index contributed by atoms with van der Waals surface area (Å²) in [7, 11) is 0. The fourth-order valence-corrected chi connectivity index (χ4v) is 1.15. The average molecular weight is 390 g/mol. The molecule has 10 radical (unpaired) electrons. The van der Waals surface area contributed by atoms with Crippen LogP contribution in [0.2, 0.25) is 0 Å². The van der Waals surface area contributed by atoms with E-state index < -0.39 is 0 Å². The van der Waals surface area contributed by atoms with Crippen molar-refractivity contribution in [2.75, 3.05) is 13.2 Å². The van der Waals surface area contributed by atoms with Crippen molar-refractivity contribution < 1.29 is 51.7 Å². The second-order valence-electron chi connectivity index (χ2n) is 3.24. The van der Waals surface area contributed by atoms with E-state index in [0.29, 0.717) is 0 Å². The monoisotopic (exact) mass is 391 g/mol. The Bertz CT molecular complexity index is 74.8. The van der Waals surface area contributed by atoms with Gasteiger partial charge in [-0.15, -0.1) is 0 Å². The molecule has 0 amide bonds. The van der Waals surface area contributed by atoms with Gasteiger partial charge in [-0.2, -0.15) is 0 Å². The zero-order valence-corrected chi connectivity index (χ0v) is 11.0. The minimum Gasteiger partial charge on any atom is -0.381 e. The molecule has 0 spiro atoms. The van der Waals surface area contributed by atoms with Crippen LogP contribution >= 0.6 is 0 Å². The Morgan fingerprint density at radius 2 is 0.765 bits per heavy atom. The van der Waals surface area contributed by atoms with Crippen LogP contribution in [-0.4, -0.2) is 21.6 Å². The Kier molecular flexibility index (Phi) is 21.5. The standard InChI is InChI=1S/2C5H5.C4H8O.BH4.Yb/c3*1-2-4-5-3-1;;/h2*1-5H;1-4H2;1H4;/q;;;-1;. The fourth-order valence-electron chi connectivity index (χ4n) is 1.15. The summed E-state index contributed by atoms with van der Waals surface area (Å²) >= 11 is 0. The summed E-state index contributed by atoms with van der Waals surface area (Å²) < 4.78 is 4.94. The Morgan fingerprint density at radius 3 is 0.882 bits per heavy atom. The number of rotatable bonds is 0. The van der Waals surface area contributed by atoms with Crippen LogP contribution in [0, 0.1) is 111 Å². The molecule has 0 aromatic rings. The van der Waals surface area contributed by atoms with Gasteiger partial charge in [-0.25, -0.2) is 0 Å². The molecule has 0 atom stereocenters. The topological polar surface area (TPSA) is 9.23 Å². The predicted octanol–water partition coefficient (Wildman–Crippen LogP) is 1.39. The molecule has 2 aliphatic carbocycles. The maximum Gasteiger partial charge on any atom is 0.0466 e. The number of ether oxygens (including phenoxy) is 1. The minimum absolute atomic E-state index is 0. The summed E-state index contributed by atoms with van der Waals surface area (Å²) in [6.07, 6.45) is 22.6. The van der Waals surface area contributed by atoms with E-state index in [1.807, 2.05) is 64.2 Å². The molecular formula is C14H22BOYb-. The molecule has 1 nitrogen and oxygen atoms in total. The summed E-state index contributed by atoms with van der Waals surface area (Å²) in [6.45, 7) is 2.00. The van der Waals surface area contributed by atoms with E-state index in [-0.39, 0.29) is 55.3 Å². The van der Waals surface area contributed by atoms with Crippen LogP contribution in [0.1, 0.15) is 12.8 Å². The molecule has 3 rings (SSSR count). The molecule has 1 heterocycles. The molecule has 2 saturated carbocycles. The summed E-state index contributed by atoms with van der Waals surface area (Å²) in [5.74, 6) is 0. The van der Waals surface area contributed by atoms with Crippen molar-refractivity contribution in [1.29, 1.82) is 0 Å². The smallest absolute Gasteiger partial charge is 0.0466 e. The molecular weight excluding hydrogens is 368 g/mol. The van der Waals surface area contributed by atoms with Crippen molar-refractivity contribution in [2.45, 2.75) is 12.8 Å². The molecule has 1 saturated heterocycles. The first-order valence-electron chi connectivity index (χ1n) is 5.41. The van der Waals surface area contributed by atoms with Crippen molar-refractivity contribution in [1.82, 2.24) is 0 Å². The molecule has 3 fully saturated rings. The second kappa shape index (κ2) is 17.5. The van der Waals surface area contributed by atoms with E-state index in [1.54, 1.807) is 0 Å². The number of hydrogen-bond donors (Lipinski definition) is 0. The SMILES string of the molecule is C1CCOC1.[BH4-].[CH]1[CH][CH][CH][CH]1.[CH]1[CH][CH][CH][CH]1.[Yb]. The van der Waals surface area contributed by atoms with E-state index in [0.717, 1.165) is 13.2 Å². The van der Waals surface area contributed by atoms with Crippen LogP contribution in [-0.2, 0) is 4.74 Å². The van der Waals surface area contributed by atoms with Gasteiger partial charge in [0.05, 0.1) is 0 Å². The molecule has 0 aromatic heterocycles. The van der Waals surface area contributed by atoms with Gasteiger partial charge in [0.2, 0.25) is 0 Å². The second-order valence-corrected chi connectivity index (χ2v) is 3.24. The Morgan fingerprint density at radius 1 is 0.529 bits per heavy atom. The summed E-state index contributed by atoms with van der Waals surface area (Å²) in [4.78, 5) is 0. The van der Waals surface area contributed by atoms with Crippen LogP contribution in [0.5, 0.6) is 0 Å². The first-order chi connectivity index (χ1) is 7.50. The molecule has 0 unspecified atom stereocenters. The van der Waals surface area contributed by atoms with Crippen molar-refractivity contribution in [2.24, 2.45) is 0 Å². The van der Waals surface area contributed by atoms with Gasteiger partial charge in [0.15, 0.2) is 0 Å². The van der Waals surface area contributed by atoms with Crippen LogP contribution < -0.4 is 0 Å². The molecule has 102 valence electrons. The summed E-state index contributed by atoms with van der Waals surface area (Å²) in [6, 6.07) is 0. The third-order valence-electron chi connectivity index (χ3n) is 1.94. The van der Waals surface area contributed by atoms with E-state index in [4.69, 9.17) is 4.74 Å². The summed E-state index contributed by atoms with van der Waals surface area (Å²) in [5.41, 5.74) is 0. The zero-order chi connectivity index (χ0) is 10.6. The fraction of sp³-hybridized carbons (Fsp3) is 0.286. The van der Waals surface area contributed by atoms with Crippen LogP contribution in [0.3, 0.4) is 0 Å². The van der Waals surface area contributed by atoms with E-state index in [1.165, 1.54) is 12.8 Å². The molecule has 3 heteroatoms. The third kappa shape index (κ3) is 15.5. The van der Waals surface area contributed by atoms with Gasteiger partial charge in [0, 0.05) is 60.1 Å². The average Bonchev–Trinajstić information content (AvgIpc) is 3.09. The van der Waals surface area contributed by atoms with E-state index in [9.17, 15) is 0 Å². The first kappa shape index (κ1) is 20.9. The van der Waals surface area contributed by atoms with Crippen molar-refractivity contribution in [3.8, 4) is 0 Å². The Balaban J connectivity index is 0. The minimum atomic E-state index is 0. The van der Waals surface area contributed by atoms with E-state index in [2.05, 4.69) is 0 Å². The van der Waals surface area contributed by atoms with Crippen LogP contribution in [0.15, 0.2) is 0 Å². The maximum absolute atomic E-state index is 4.94. The van der Waals surface area contributed by atoms with Gasteiger partial charge < -0.3 is 4.74 Å². The zero-order valence-electron chi connectivity index (χ0n) is 9.28. The van der Waals surface area contributed by atoms with Gasteiger partial charge in [-0.1, -0.05) is 8.41 Å². The van der Waals surface area contributed by atoms with Gasteiger partial charge in [0.25, 0.3) is 0 Å². The normalized spacial score (nSPS) is 21.2. The molecule has 3 aliphatic rings. The Labute approximate surface area is 149 Å². The van der Waals surface area contributed by atoms with Crippen LogP contribution in [0.25, 0.3) is 0 Å². The molecule has 1 aliphatic heterocycles. The maximum atomic E-state index is 4.94. The van der Waals surface area contributed by atoms with Crippen molar-refractivity contribution in [3.05, 3.63) is 64.2 Å². The third-order valence-corrected chi connectivity index (χ3v) is 1.94. The molecule has 17 heavy (non-hydrogen) atoms. The quantitative estimate of drug-likeness (QED) is 0.569. The molecule has 0 N–H and O–H groups in total. The molecule has 0 aromatic carbocycles. The van der Waals surface area contributed by atoms with Gasteiger partial charge >= 0.3 is 0 Å². The van der Waals surface area contributed by atoms with Crippen molar-refractivity contribution in [3.63, 3.8) is 0 Å². The summed E-state index contributed by atoms with van der Waals surface area (Å²) in [5, 5.41) is 0. The van der Waals surface area contributed by atoms with Gasteiger partial charge in [-0.3, -0.25) is 0 Å². The largest absolute Gasteiger partial charge is 0.381 e.